The topological polar surface area (TPSA) is 59.8 Å². The fourth-order valence-electron chi connectivity index (χ4n) is 1.33. The van der Waals surface area contributed by atoms with Gasteiger partial charge in [-0.1, -0.05) is 11.8 Å². The van der Waals surface area contributed by atoms with Crippen molar-refractivity contribution in [3.63, 3.8) is 0 Å². The standard InChI is InChI=1S/C9H14N4OS/c1-6(8(14)10-2)15-9-12-11-5-13(9)7-3-4-7/h5-7H,3-4H2,1-2H3,(H,10,14). The van der Waals surface area contributed by atoms with Gasteiger partial charge in [-0.25, -0.2) is 0 Å². The molecule has 1 aromatic rings. The van der Waals surface area contributed by atoms with Crippen molar-refractivity contribution in [1.82, 2.24) is 20.1 Å². The first-order chi connectivity index (χ1) is 7.22. The minimum Gasteiger partial charge on any atom is -0.358 e. The van der Waals surface area contributed by atoms with Gasteiger partial charge in [0.1, 0.15) is 6.33 Å². The third-order valence-corrected chi connectivity index (χ3v) is 3.45. The van der Waals surface area contributed by atoms with Gasteiger partial charge in [-0.3, -0.25) is 4.79 Å². The van der Waals surface area contributed by atoms with Crippen LogP contribution in [-0.4, -0.2) is 33.0 Å². The lowest BCUT2D eigenvalue weighted by atomic mass is 10.4. The van der Waals surface area contributed by atoms with Gasteiger partial charge in [-0.05, 0) is 19.8 Å². The Balaban J connectivity index is 2.03. The maximum Gasteiger partial charge on any atom is 0.233 e. The Morgan fingerprint density at radius 1 is 1.73 bits per heavy atom. The number of hydrogen-bond donors (Lipinski definition) is 1. The molecule has 0 spiro atoms. The number of carbonyl (C=O) groups excluding carboxylic acids is 1. The molecule has 5 nitrogen and oxygen atoms in total. The number of aromatic nitrogens is 3. The van der Waals surface area contributed by atoms with Crippen LogP contribution in [-0.2, 0) is 4.79 Å². The molecular weight excluding hydrogens is 212 g/mol. The molecular formula is C9H14N4OS. The first-order valence-electron chi connectivity index (χ1n) is 5.00. The molecule has 0 saturated heterocycles. The highest BCUT2D eigenvalue weighted by Gasteiger charge is 2.27. The summed E-state index contributed by atoms with van der Waals surface area (Å²) < 4.78 is 2.06. The van der Waals surface area contributed by atoms with Gasteiger partial charge in [0.15, 0.2) is 5.16 Å². The fraction of sp³-hybridized carbons (Fsp3) is 0.667. The van der Waals surface area contributed by atoms with Crippen LogP contribution in [0.15, 0.2) is 11.5 Å². The Morgan fingerprint density at radius 3 is 3.07 bits per heavy atom. The Morgan fingerprint density at radius 2 is 2.47 bits per heavy atom. The molecule has 0 radical (unpaired) electrons. The average molecular weight is 226 g/mol. The van der Waals surface area contributed by atoms with E-state index in [9.17, 15) is 4.79 Å². The first kappa shape index (κ1) is 10.5. The van der Waals surface area contributed by atoms with Crippen molar-refractivity contribution >= 4 is 17.7 Å². The molecule has 1 saturated carbocycles. The van der Waals surface area contributed by atoms with E-state index in [1.807, 2.05) is 6.92 Å². The van der Waals surface area contributed by atoms with Crippen LogP contribution in [0.3, 0.4) is 0 Å². The molecule has 0 bridgehead atoms. The molecule has 1 aliphatic carbocycles. The van der Waals surface area contributed by atoms with Crippen molar-refractivity contribution < 1.29 is 4.79 Å². The molecule has 0 aliphatic heterocycles. The van der Waals surface area contributed by atoms with E-state index in [1.165, 1.54) is 24.6 Å². The van der Waals surface area contributed by atoms with E-state index in [1.54, 1.807) is 13.4 Å². The number of carbonyl (C=O) groups is 1. The van der Waals surface area contributed by atoms with Gasteiger partial charge >= 0.3 is 0 Å². The smallest absolute Gasteiger partial charge is 0.233 e. The highest BCUT2D eigenvalue weighted by Crippen LogP contribution is 2.37. The van der Waals surface area contributed by atoms with Gasteiger partial charge in [0.25, 0.3) is 0 Å². The molecule has 1 aliphatic rings. The molecule has 82 valence electrons. The Bertz CT molecular complexity index is 361. The minimum atomic E-state index is -0.128. The van der Waals surface area contributed by atoms with Crippen LogP contribution < -0.4 is 5.32 Å². The highest BCUT2D eigenvalue weighted by atomic mass is 32.2. The zero-order valence-corrected chi connectivity index (χ0v) is 9.62. The summed E-state index contributed by atoms with van der Waals surface area (Å²) in [6.07, 6.45) is 4.14. The predicted molar refractivity (Wildman–Crippen MR) is 57.7 cm³/mol. The van der Waals surface area contributed by atoms with Crippen molar-refractivity contribution in [2.45, 2.75) is 36.2 Å². The lowest BCUT2D eigenvalue weighted by Gasteiger charge is -2.09. The maximum absolute atomic E-state index is 11.3. The molecule has 1 amide bonds. The van der Waals surface area contributed by atoms with Crippen LogP contribution in [0.2, 0.25) is 0 Å². The van der Waals surface area contributed by atoms with Gasteiger partial charge in [-0.15, -0.1) is 10.2 Å². The summed E-state index contributed by atoms with van der Waals surface area (Å²) in [5.41, 5.74) is 0. The minimum absolute atomic E-state index is 0.0188. The molecule has 1 aromatic heterocycles. The van der Waals surface area contributed by atoms with E-state index in [-0.39, 0.29) is 11.2 Å². The van der Waals surface area contributed by atoms with Gasteiger partial charge in [0, 0.05) is 13.1 Å². The Labute approximate surface area is 92.6 Å². The van der Waals surface area contributed by atoms with Crippen LogP contribution in [0.4, 0.5) is 0 Å². The number of rotatable bonds is 4. The molecule has 1 unspecified atom stereocenters. The van der Waals surface area contributed by atoms with Gasteiger partial charge in [-0.2, -0.15) is 0 Å². The normalized spacial score (nSPS) is 17.5. The van der Waals surface area contributed by atoms with E-state index in [4.69, 9.17) is 0 Å². The van der Waals surface area contributed by atoms with Crippen LogP contribution in [0.5, 0.6) is 0 Å². The third-order valence-electron chi connectivity index (χ3n) is 2.38. The highest BCUT2D eigenvalue weighted by molar-refractivity contribution is 8.00. The molecule has 1 fully saturated rings. The number of nitrogens with one attached hydrogen (secondary N) is 1. The second kappa shape index (κ2) is 4.22. The zero-order valence-electron chi connectivity index (χ0n) is 8.80. The first-order valence-corrected chi connectivity index (χ1v) is 5.88. The lowest BCUT2D eigenvalue weighted by Crippen LogP contribution is -2.27. The summed E-state index contributed by atoms with van der Waals surface area (Å²) in [5.74, 6) is 0.0188. The average Bonchev–Trinajstić information content (AvgIpc) is 2.99. The largest absolute Gasteiger partial charge is 0.358 e. The SMILES string of the molecule is CNC(=O)C(C)Sc1nncn1C1CC1. The zero-order chi connectivity index (χ0) is 10.8. The molecule has 1 heterocycles. The van der Waals surface area contributed by atoms with Crippen molar-refractivity contribution in [3.05, 3.63) is 6.33 Å². The number of hydrogen-bond acceptors (Lipinski definition) is 4. The molecule has 15 heavy (non-hydrogen) atoms. The third kappa shape index (κ3) is 2.31. The van der Waals surface area contributed by atoms with Crippen LogP contribution in [0, 0.1) is 0 Å². The molecule has 1 N–H and O–H groups in total. The van der Waals surface area contributed by atoms with Crippen molar-refractivity contribution in [1.29, 1.82) is 0 Å². The molecule has 0 aromatic carbocycles. The summed E-state index contributed by atoms with van der Waals surface area (Å²) in [5, 5.41) is 11.2. The van der Waals surface area contributed by atoms with E-state index >= 15 is 0 Å². The molecule has 2 rings (SSSR count). The summed E-state index contributed by atoms with van der Waals surface area (Å²) in [6, 6.07) is 0.555. The fourth-order valence-corrected chi connectivity index (χ4v) is 2.29. The van der Waals surface area contributed by atoms with Crippen LogP contribution in [0.25, 0.3) is 0 Å². The van der Waals surface area contributed by atoms with Crippen LogP contribution in [0.1, 0.15) is 25.8 Å². The molecule has 1 atom stereocenters. The van der Waals surface area contributed by atoms with Crippen molar-refractivity contribution in [3.8, 4) is 0 Å². The van der Waals surface area contributed by atoms with E-state index in [0.717, 1.165) is 5.16 Å². The summed E-state index contributed by atoms with van der Waals surface area (Å²) in [7, 11) is 1.64. The van der Waals surface area contributed by atoms with E-state index in [0.29, 0.717) is 6.04 Å². The van der Waals surface area contributed by atoms with Gasteiger partial charge in [0.2, 0.25) is 5.91 Å². The summed E-state index contributed by atoms with van der Waals surface area (Å²) in [4.78, 5) is 11.3. The summed E-state index contributed by atoms with van der Waals surface area (Å²) >= 11 is 1.46. The lowest BCUT2D eigenvalue weighted by molar-refractivity contribution is -0.119. The van der Waals surface area contributed by atoms with Crippen LogP contribution >= 0.6 is 11.8 Å². The van der Waals surface area contributed by atoms with E-state index < -0.39 is 0 Å². The van der Waals surface area contributed by atoms with Gasteiger partial charge in [0.05, 0.1) is 5.25 Å². The summed E-state index contributed by atoms with van der Waals surface area (Å²) in [6.45, 7) is 1.87. The number of nitrogens with zero attached hydrogens (tertiary/aromatic N) is 3. The second-order valence-electron chi connectivity index (χ2n) is 3.63. The Hall–Kier alpha value is -1.04. The molecule has 6 heteroatoms. The number of amides is 1. The Kier molecular flexibility index (Phi) is 2.95. The van der Waals surface area contributed by atoms with Gasteiger partial charge < -0.3 is 9.88 Å². The second-order valence-corrected chi connectivity index (χ2v) is 4.93. The van der Waals surface area contributed by atoms with E-state index in [2.05, 4.69) is 20.1 Å². The quantitative estimate of drug-likeness (QED) is 0.773. The number of thioether (sulfide) groups is 1. The maximum atomic E-state index is 11.3. The predicted octanol–water partition coefficient (Wildman–Crippen LogP) is 0.840. The van der Waals surface area contributed by atoms with Crippen molar-refractivity contribution in [2.75, 3.05) is 7.05 Å². The monoisotopic (exact) mass is 226 g/mol. The van der Waals surface area contributed by atoms with Crippen molar-refractivity contribution in [2.24, 2.45) is 0 Å².